The van der Waals surface area contributed by atoms with E-state index >= 15 is 0 Å². The number of carbonyl (C=O) groups is 2. The second-order valence-corrected chi connectivity index (χ2v) is 14.5. The highest BCUT2D eigenvalue weighted by Crippen LogP contribution is 2.52. The minimum Gasteiger partial charge on any atom is -0.444 e. The summed E-state index contributed by atoms with van der Waals surface area (Å²) in [5.41, 5.74) is 3.86. The molecule has 1 saturated heterocycles. The van der Waals surface area contributed by atoms with Crippen LogP contribution in [0.5, 0.6) is 0 Å². The molecule has 5 aromatic carbocycles. The lowest BCUT2D eigenvalue weighted by Gasteiger charge is -2.39. The van der Waals surface area contributed by atoms with E-state index in [0.29, 0.717) is 25.9 Å². The van der Waals surface area contributed by atoms with Crippen LogP contribution in [0.1, 0.15) is 49.4 Å². The van der Waals surface area contributed by atoms with Crippen molar-refractivity contribution >= 4 is 34.5 Å². The van der Waals surface area contributed by atoms with Crippen molar-refractivity contribution in [1.29, 1.82) is 0 Å². The Morgan fingerprint density at radius 3 is 1.85 bits per heavy atom. The molecule has 0 aliphatic carbocycles. The Morgan fingerprint density at radius 2 is 1.28 bits per heavy atom. The Kier molecular flexibility index (Phi) is 9.69. The fourth-order valence-corrected chi connectivity index (χ4v) is 8.50. The number of likely N-dealkylation sites (tertiary alicyclic amines) is 1. The average Bonchev–Trinajstić information content (AvgIpc) is 3.51. The normalized spacial score (nSPS) is 16.6. The highest BCUT2D eigenvalue weighted by molar-refractivity contribution is 8.01. The largest absolute Gasteiger partial charge is 0.444 e. The van der Waals surface area contributed by atoms with Crippen LogP contribution in [0.15, 0.2) is 133 Å². The van der Waals surface area contributed by atoms with Crippen LogP contribution in [0.2, 0.25) is 0 Å². The zero-order valence-corrected chi connectivity index (χ0v) is 28.1. The molecule has 1 fully saturated rings. The first-order chi connectivity index (χ1) is 22.8. The van der Waals surface area contributed by atoms with Gasteiger partial charge >= 0.3 is 6.09 Å². The van der Waals surface area contributed by atoms with Gasteiger partial charge < -0.3 is 10.1 Å². The van der Waals surface area contributed by atoms with E-state index in [2.05, 4.69) is 108 Å². The molecule has 240 valence electrons. The van der Waals surface area contributed by atoms with E-state index in [1.165, 1.54) is 16.3 Å². The molecule has 47 heavy (non-hydrogen) atoms. The molecule has 5 nitrogen and oxygen atoms in total. The van der Waals surface area contributed by atoms with E-state index in [1.807, 2.05) is 51.1 Å². The highest BCUT2D eigenvalue weighted by Gasteiger charge is 2.49. The number of ether oxygens (including phenoxy) is 1. The summed E-state index contributed by atoms with van der Waals surface area (Å²) < 4.78 is 5.23. The maximum absolute atomic E-state index is 14.3. The predicted octanol–water partition coefficient (Wildman–Crippen LogP) is 8.60. The van der Waals surface area contributed by atoms with E-state index in [9.17, 15) is 9.59 Å². The predicted molar refractivity (Wildman–Crippen MR) is 193 cm³/mol. The molecule has 6 heteroatoms. The zero-order valence-electron chi connectivity index (χ0n) is 27.3. The second-order valence-electron chi connectivity index (χ2n) is 13.0. The van der Waals surface area contributed by atoms with Gasteiger partial charge in [0.1, 0.15) is 11.6 Å². The molecule has 0 spiro atoms. The summed E-state index contributed by atoms with van der Waals surface area (Å²) in [4.78, 5) is 29.6. The Balaban J connectivity index is 1.35. The highest BCUT2D eigenvalue weighted by atomic mass is 32.2. The van der Waals surface area contributed by atoms with Gasteiger partial charge in [-0.3, -0.25) is 9.69 Å². The van der Waals surface area contributed by atoms with E-state index in [4.69, 9.17) is 4.74 Å². The first-order valence-corrected chi connectivity index (χ1v) is 17.2. The van der Waals surface area contributed by atoms with Crippen molar-refractivity contribution in [2.75, 3.05) is 13.1 Å². The van der Waals surface area contributed by atoms with Gasteiger partial charge in [0.25, 0.3) is 0 Å². The fourth-order valence-electron chi connectivity index (χ4n) is 6.61. The monoisotopic (exact) mass is 642 g/mol. The van der Waals surface area contributed by atoms with E-state index < -0.39 is 22.5 Å². The summed E-state index contributed by atoms with van der Waals surface area (Å²) in [7, 11) is 0. The van der Waals surface area contributed by atoms with Gasteiger partial charge in [-0.05, 0) is 66.6 Å². The van der Waals surface area contributed by atoms with Gasteiger partial charge in [0, 0.05) is 18.3 Å². The Morgan fingerprint density at radius 1 is 0.745 bits per heavy atom. The van der Waals surface area contributed by atoms with Crippen LogP contribution in [-0.2, 0) is 20.7 Å². The molecular weight excluding hydrogens is 601 g/mol. The van der Waals surface area contributed by atoms with Crippen LogP contribution in [-0.4, -0.2) is 46.9 Å². The standard InChI is InChI=1S/C41H42N2O3S/c1-40(2,3)46-39(45)43-29-27-36(37(43)38(44)42-28-26-31-18-15-17-30-16-13-14-25-35(30)31)47-41(32-19-7-4-8-20-32,33-21-9-5-10-22-33)34-23-11-6-12-24-34/h4-25,36-37H,26-29H2,1-3H3,(H,42,44)/t36-,37-/m0/s1. The molecule has 5 aromatic rings. The van der Waals surface area contributed by atoms with Crippen molar-refractivity contribution in [1.82, 2.24) is 10.2 Å². The van der Waals surface area contributed by atoms with Gasteiger partial charge in [0.2, 0.25) is 5.91 Å². The lowest BCUT2D eigenvalue weighted by Crippen LogP contribution is -2.51. The van der Waals surface area contributed by atoms with Crippen LogP contribution in [0, 0.1) is 0 Å². The molecule has 0 saturated carbocycles. The number of rotatable bonds is 9. The van der Waals surface area contributed by atoms with Gasteiger partial charge in [0.15, 0.2) is 0 Å². The minimum absolute atomic E-state index is 0.158. The average molecular weight is 643 g/mol. The summed E-state index contributed by atoms with van der Waals surface area (Å²) >= 11 is 1.76. The van der Waals surface area contributed by atoms with Crippen molar-refractivity contribution in [2.24, 2.45) is 0 Å². The van der Waals surface area contributed by atoms with Crippen molar-refractivity contribution in [3.05, 3.63) is 156 Å². The van der Waals surface area contributed by atoms with Crippen molar-refractivity contribution < 1.29 is 14.3 Å². The zero-order chi connectivity index (χ0) is 32.9. The molecule has 0 radical (unpaired) electrons. The topological polar surface area (TPSA) is 58.6 Å². The Hall–Kier alpha value is -4.55. The van der Waals surface area contributed by atoms with Crippen LogP contribution < -0.4 is 5.32 Å². The number of thioether (sulfide) groups is 1. The van der Waals surface area contributed by atoms with E-state index in [1.54, 1.807) is 16.7 Å². The third-order valence-corrected chi connectivity index (χ3v) is 10.5. The molecule has 1 heterocycles. The van der Waals surface area contributed by atoms with Crippen molar-refractivity contribution in [3.63, 3.8) is 0 Å². The first-order valence-electron chi connectivity index (χ1n) is 16.3. The third-order valence-electron chi connectivity index (χ3n) is 8.68. The second kappa shape index (κ2) is 14.1. The number of benzene rings is 5. The van der Waals surface area contributed by atoms with Gasteiger partial charge in [-0.15, -0.1) is 11.8 Å². The molecule has 2 amide bonds. The number of fused-ring (bicyclic) bond motifs is 1. The Bertz CT molecular complexity index is 1700. The molecule has 1 aliphatic rings. The van der Waals surface area contributed by atoms with Crippen LogP contribution in [0.25, 0.3) is 10.8 Å². The lowest BCUT2D eigenvalue weighted by atomic mass is 9.84. The van der Waals surface area contributed by atoms with Crippen LogP contribution in [0.4, 0.5) is 4.79 Å². The molecule has 1 N–H and O–H groups in total. The number of amides is 2. The Labute approximate surface area is 282 Å². The number of nitrogens with zero attached hydrogens (tertiary/aromatic N) is 1. The van der Waals surface area contributed by atoms with Gasteiger partial charge in [0.05, 0.1) is 4.75 Å². The minimum atomic E-state index is -0.710. The van der Waals surface area contributed by atoms with Gasteiger partial charge in [-0.1, -0.05) is 133 Å². The molecule has 0 aromatic heterocycles. The number of nitrogens with one attached hydrogen (secondary N) is 1. The van der Waals surface area contributed by atoms with E-state index in [0.717, 1.165) is 16.7 Å². The van der Waals surface area contributed by atoms with E-state index in [-0.39, 0.29) is 11.2 Å². The lowest BCUT2D eigenvalue weighted by molar-refractivity contribution is -0.125. The number of hydrogen-bond donors (Lipinski definition) is 1. The summed E-state index contributed by atoms with van der Waals surface area (Å²) in [5, 5.41) is 5.38. The molecule has 0 unspecified atom stereocenters. The summed E-state index contributed by atoms with van der Waals surface area (Å²) in [5.74, 6) is -0.158. The fraction of sp³-hybridized carbons (Fsp3) is 0.268. The molecular formula is C41H42N2O3S. The van der Waals surface area contributed by atoms with Gasteiger partial charge in [-0.2, -0.15) is 0 Å². The summed E-state index contributed by atoms with van der Waals surface area (Å²) in [6.07, 6.45) is 0.880. The van der Waals surface area contributed by atoms with Crippen molar-refractivity contribution in [2.45, 2.75) is 55.3 Å². The number of hydrogen-bond acceptors (Lipinski definition) is 4. The molecule has 2 atom stereocenters. The first kappa shape index (κ1) is 32.4. The van der Waals surface area contributed by atoms with Gasteiger partial charge in [-0.25, -0.2) is 4.79 Å². The molecule has 1 aliphatic heterocycles. The SMILES string of the molecule is CC(C)(C)OC(=O)N1CC[C@H](SC(c2ccccc2)(c2ccccc2)c2ccccc2)[C@H]1C(=O)NCCc1cccc2ccccc12. The van der Waals surface area contributed by atoms with Crippen LogP contribution in [0.3, 0.4) is 0 Å². The van der Waals surface area contributed by atoms with Crippen LogP contribution >= 0.6 is 11.8 Å². The summed E-state index contributed by atoms with van der Waals surface area (Å²) in [6.45, 7) is 6.47. The summed E-state index contributed by atoms with van der Waals surface area (Å²) in [6, 6.07) is 45.3. The molecule has 0 bridgehead atoms. The van der Waals surface area contributed by atoms with Crippen molar-refractivity contribution in [3.8, 4) is 0 Å². The quantitative estimate of drug-likeness (QED) is 0.164. The number of carbonyl (C=O) groups excluding carboxylic acids is 2. The third kappa shape index (κ3) is 7.08. The molecule has 6 rings (SSSR count). The maximum Gasteiger partial charge on any atom is 0.411 e. The maximum atomic E-state index is 14.3. The smallest absolute Gasteiger partial charge is 0.411 e.